The lowest BCUT2D eigenvalue weighted by Gasteiger charge is -2.35. The second-order valence-electron chi connectivity index (χ2n) is 13.6. The molecule has 0 aromatic heterocycles. The average molecular weight is 662 g/mol. The van der Waals surface area contributed by atoms with E-state index in [1.165, 1.54) is 66.1 Å². The zero-order valence-electron chi connectivity index (χ0n) is 28.7. The molecule has 0 N–H and O–H groups in total. The number of hydrogen-bond donors (Lipinski definition) is 0. The van der Waals surface area contributed by atoms with E-state index in [9.17, 15) is 0 Å². The van der Waals surface area contributed by atoms with Gasteiger partial charge < -0.3 is 4.90 Å². The minimum Gasteiger partial charge on any atom is -0.310 e. The zero-order valence-corrected chi connectivity index (χ0v) is 28.7. The van der Waals surface area contributed by atoms with Gasteiger partial charge in [-0.2, -0.15) is 0 Å². The van der Waals surface area contributed by atoms with Crippen LogP contribution in [-0.2, 0) is 5.41 Å². The Balaban J connectivity index is 1.39. The maximum Gasteiger partial charge on any atom is 0.0720 e. The van der Waals surface area contributed by atoms with E-state index in [2.05, 4.69) is 217 Å². The van der Waals surface area contributed by atoms with Gasteiger partial charge in [-0.3, -0.25) is 0 Å². The fraction of sp³-hybridized carbons (Fsp3) is 0.0196. The number of para-hydroxylation sites is 1. The van der Waals surface area contributed by atoms with Crippen LogP contribution in [-0.4, -0.2) is 0 Å². The van der Waals surface area contributed by atoms with Crippen molar-refractivity contribution in [1.82, 2.24) is 0 Å². The van der Waals surface area contributed by atoms with Crippen molar-refractivity contribution in [2.45, 2.75) is 5.41 Å². The summed E-state index contributed by atoms with van der Waals surface area (Å²) in [5, 5.41) is 4.97. The third-order valence-electron chi connectivity index (χ3n) is 10.9. The molecule has 0 radical (unpaired) electrons. The van der Waals surface area contributed by atoms with E-state index >= 15 is 0 Å². The number of fused-ring (bicyclic) bond motifs is 6. The van der Waals surface area contributed by atoms with Crippen molar-refractivity contribution in [2.24, 2.45) is 0 Å². The number of benzene rings is 9. The second kappa shape index (κ2) is 12.3. The molecule has 9 aromatic rings. The molecule has 9 aromatic carbocycles. The van der Waals surface area contributed by atoms with Crippen LogP contribution in [0.25, 0.3) is 43.8 Å². The third-order valence-corrected chi connectivity index (χ3v) is 10.9. The van der Waals surface area contributed by atoms with Crippen molar-refractivity contribution in [2.75, 3.05) is 4.90 Å². The second-order valence-corrected chi connectivity index (χ2v) is 13.6. The molecule has 0 bridgehead atoms. The highest BCUT2D eigenvalue weighted by molar-refractivity contribution is 6.10. The van der Waals surface area contributed by atoms with Gasteiger partial charge in [-0.1, -0.05) is 176 Å². The molecule has 0 atom stereocenters. The Bertz CT molecular complexity index is 2680. The van der Waals surface area contributed by atoms with Gasteiger partial charge in [0.1, 0.15) is 0 Å². The molecule has 10 rings (SSSR count). The largest absolute Gasteiger partial charge is 0.310 e. The van der Waals surface area contributed by atoms with E-state index in [0.29, 0.717) is 0 Å². The van der Waals surface area contributed by atoms with Crippen LogP contribution in [0.15, 0.2) is 212 Å². The third kappa shape index (κ3) is 4.56. The summed E-state index contributed by atoms with van der Waals surface area (Å²) in [4.78, 5) is 2.46. The monoisotopic (exact) mass is 661 g/mol. The first-order chi connectivity index (χ1) is 25.8. The topological polar surface area (TPSA) is 3.24 Å². The Labute approximate surface area is 304 Å². The van der Waals surface area contributed by atoms with Crippen molar-refractivity contribution >= 4 is 38.6 Å². The highest BCUT2D eigenvalue weighted by atomic mass is 15.1. The first-order valence-corrected chi connectivity index (χ1v) is 18.0. The first kappa shape index (κ1) is 30.2. The van der Waals surface area contributed by atoms with E-state index < -0.39 is 5.41 Å². The molecule has 1 aliphatic carbocycles. The summed E-state index contributed by atoms with van der Waals surface area (Å²) in [6.07, 6.45) is 0. The fourth-order valence-electron chi connectivity index (χ4n) is 8.75. The number of anilines is 3. The van der Waals surface area contributed by atoms with Gasteiger partial charge in [-0.25, -0.2) is 0 Å². The predicted molar refractivity (Wildman–Crippen MR) is 219 cm³/mol. The summed E-state index contributed by atoms with van der Waals surface area (Å²) in [6.45, 7) is 0. The summed E-state index contributed by atoms with van der Waals surface area (Å²) in [5.41, 5.74) is 12.9. The SMILES string of the molecule is c1ccc(-c2cc3c(c4ccccc24)C(c2ccccc2)(c2ccccc2)c2cccc(N(c4ccccc4)c4ccc5ccccc5c4)c2-3)cc1. The Morgan fingerprint density at radius 3 is 1.63 bits per heavy atom. The molecule has 244 valence electrons. The summed E-state index contributed by atoms with van der Waals surface area (Å²) in [7, 11) is 0. The van der Waals surface area contributed by atoms with Crippen LogP contribution < -0.4 is 4.90 Å². The number of nitrogens with zero attached hydrogens (tertiary/aromatic N) is 1. The van der Waals surface area contributed by atoms with Crippen LogP contribution >= 0.6 is 0 Å². The Morgan fingerprint density at radius 1 is 0.365 bits per heavy atom. The summed E-state index contributed by atoms with van der Waals surface area (Å²) in [6, 6.07) is 77.9. The van der Waals surface area contributed by atoms with Crippen molar-refractivity contribution in [3.05, 3.63) is 235 Å². The lowest BCUT2D eigenvalue weighted by Crippen LogP contribution is -2.29. The maximum atomic E-state index is 2.48. The van der Waals surface area contributed by atoms with Crippen LogP contribution in [0.2, 0.25) is 0 Å². The van der Waals surface area contributed by atoms with E-state index in [4.69, 9.17) is 0 Å². The molecule has 0 aliphatic heterocycles. The van der Waals surface area contributed by atoms with Crippen LogP contribution in [0.1, 0.15) is 22.3 Å². The highest BCUT2D eigenvalue weighted by Gasteiger charge is 2.48. The smallest absolute Gasteiger partial charge is 0.0720 e. The van der Waals surface area contributed by atoms with Crippen molar-refractivity contribution in [1.29, 1.82) is 0 Å². The Kier molecular flexibility index (Phi) is 7.11. The van der Waals surface area contributed by atoms with E-state index in [1.807, 2.05) is 0 Å². The average Bonchev–Trinajstić information content (AvgIpc) is 3.54. The maximum absolute atomic E-state index is 2.48. The highest BCUT2D eigenvalue weighted by Crippen LogP contribution is 2.62. The standard InChI is InChI=1S/C51H35N/c1-5-19-37(20-6-1)45-35-46-49-47(30-17-31-48(49)52(41-26-11-4-12-27-41)42-33-32-36-18-13-14-21-38(36)34-42)51(39-22-7-2-8-23-39,40-24-9-3-10-25-40)50(46)44-29-16-15-28-43(44)45/h1-35H. The molecule has 0 amide bonds. The molecular formula is C51H35N. The Morgan fingerprint density at radius 2 is 0.942 bits per heavy atom. The van der Waals surface area contributed by atoms with Crippen molar-refractivity contribution < 1.29 is 0 Å². The van der Waals surface area contributed by atoms with E-state index in [-0.39, 0.29) is 0 Å². The first-order valence-electron chi connectivity index (χ1n) is 18.0. The van der Waals surface area contributed by atoms with Crippen LogP contribution in [0.5, 0.6) is 0 Å². The number of rotatable bonds is 6. The van der Waals surface area contributed by atoms with Gasteiger partial charge in [0.15, 0.2) is 0 Å². The fourth-order valence-corrected chi connectivity index (χ4v) is 8.75. The van der Waals surface area contributed by atoms with Crippen molar-refractivity contribution in [3.8, 4) is 22.3 Å². The van der Waals surface area contributed by atoms with E-state index in [0.717, 1.165) is 17.1 Å². The van der Waals surface area contributed by atoms with E-state index in [1.54, 1.807) is 0 Å². The molecule has 1 nitrogen and oxygen atoms in total. The molecular weight excluding hydrogens is 627 g/mol. The van der Waals surface area contributed by atoms with Gasteiger partial charge in [-0.15, -0.1) is 0 Å². The van der Waals surface area contributed by atoms with Gasteiger partial charge in [-0.05, 0) is 96.9 Å². The summed E-state index contributed by atoms with van der Waals surface area (Å²) < 4.78 is 0. The molecule has 1 heteroatoms. The van der Waals surface area contributed by atoms with Gasteiger partial charge >= 0.3 is 0 Å². The summed E-state index contributed by atoms with van der Waals surface area (Å²) in [5.74, 6) is 0. The molecule has 1 aliphatic rings. The minimum atomic E-state index is -0.566. The lowest BCUT2D eigenvalue weighted by atomic mass is 9.66. The number of hydrogen-bond acceptors (Lipinski definition) is 1. The molecule has 0 saturated heterocycles. The molecule has 0 saturated carbocycles. The van der Waals surface area contributed by atoms with Crippen LogP contribution in [0, 0.1) is 0 Å². The molecule has 0 spiro atoms. The molecule has 0 fully saturated rings. The van der Waals surface area contributed by atoms with Crippen LogP contribution in [0.3, 0.4) is 0 Å². The van der Waals surface area contributed by atoms with Crippen molar-refractivity contribution in [3.63, 3.8) is 0 Å². The zero-order chi connectivity index (χ0) is 34.5. The normalized spacial score (nSPS) is 12.8. The van der Waals surface area contributed by atoms with Gasteiger partial charge in [0.25, 0.3) is 0 Å². The van der Waals surface area contributed by atoms with Gasteiger partial charge in [0.2, 0.25) is 0 Å². The quantitative estimate of drug-likeness (QED) is 0.171. The van der Waals surface area contributed by atoms with Gasteiger partial charge in [0, 0.05) is 16.9 Å². The molecule has 52 heavy (non-hydrogen) atoms. The Hall–Kier alpha value is -6.70. The molecule has 0 unspecified atom stereocenters. The van der Waals surface area contributed by atoms with Crippen LogP contribution in [0.4, 0.5) is 17.1 Å². The predicted octanol–water partition coefficient (Wildman–Crippen LogP) is 13.5. The summed E-state index contributed by atoms with van der Waals surface area (Å²) >= 11 is 0. The van der Waals surface area contributed by atoms with Gasteiger partial charge in [0.05, 0.1) is 11.1 Å². The molecule has 0 heterocycles. The minimum absolute atomic E-state index is 0.566. The lowest BCUT2D eigenvalue weighted by molar-refractivity contribution is 0.775.